The summed E-state index contributed by atoms with van der Waals surface area (Å²) in [6, 6.07) is 30.1. The number of allylic oxidation sites excluding steroid dienone is 8. The van der Waals surface area contributed by atoms with Crippen molar-refractivity contribution in [3.05, 3.63) is 174 Å². The monoisotopic (exact) mass is 640 g/mol. The van der Waals surface area contributed by atoms with Crippen LogP contribution in [0.25, 0.3) is 0 Å². The number of nitrogens with zero attached hydrogens (tertiary/aromatic N) is 2. The summed E-state index contributed by atoms with van der Waals surface area (Å²) in [6.07, 6.45) is 12.0. The first-order chi connectivity index (χ1) is 23.4. The van der Waals surface area contributed by atoms with Crippen molar-refractivity contribution in [2.45, 2.75) is 51.2 Å². The van der Waals surface area contributed by atoms with Gasteiger partial charge in [-0.15, -0.1) is 0 Å². The molecule has 1 fully saturated rings. The van der Waals surface area contributed by atoms with Crippen LogP contribution in [0.2, 0.25) is 0 Å². The minimum atomic E-state index is -0.942. The van der Waals surface area contributed by atoms with Gasteiger partial charge in [-0.2, -0.15) is 0 Å². The van der Waals surface area contributed by atoms with Gasteiger partial charge in [0.25, 0.3) is 0 Å². The Morgan fingerprint density at radius 1 is 0.708 bits per heavy atom. The van der Waals surface area contributed by atoms with E-state index in [1.54, 1.807) is 18.2 Å². The van der Waals surface area contributed by atoms with Crippen LogP contribution in [0.3, 0.4) is 0 Å². The summed E-state index contributed by atoms with van der Waals surface area (Å²) < 4.78 is 0. The van der Waals surface area contributed by atoms with Gasteiger partial charge >= 0.3 is 0 Å². The Morgan fingerprint density at radius 2 is 1.23 bits per heavy atom. The molecule has 3 aromatic rings. The van der Waals surface area contributed by atoms with Crippen molar-refractivity contribution in [1.29, 1.82) is 0 Å². The first-order valence-electron chi connectivity index (χ1n) is 16.7. The minimum Gasteiger partial charge on any atom is -0.508 e. The third-order valence-electron chi connectivity index (χ3n) is 9.61. The zero-order chi connectivity index (χ0) is 33.6. The Labute approximate surface area is 283 Å². The molecule has 0 heterocycles. The van der Waals surface area contributed by atoms with Crippen LogP contribution < -0.4 is 9.80 Å². The van der Waals surface area contributed by atoms with E-state index in [0.717, 1.165) is 39.7 Å². The largest absolute Gasteiger partial charge is 0.508 e. The summed E-state index contributed by atoms with van der Waals surface area (Å²) in [4.78, 5) is 4.25. The van der Waals surface area contributed by atoms with Gasteiger partial charge in [0, 0.05) is 46.0 Å². The van der Waals surface area contributed by atoms with Crippen LogP contribution in [0.4, 0.5) is 17.1 Å². The van der Waals surface area contributed by atoms with Crippen LogP contribution in [0.5, 0.6) is 0 Å². The van der Waals surface area contributed by atoms with E-state index in [4.69, 9.17) is 0 Å². The van der Waals surface area contributed by atoms with Gasteiger partial charge in [0.1, 0.15) is 11.5 Å². The van der Waals surface area contributed by atoms with Crippen LogP contribution >= 0.6 is 0 Å². The molecule has 246 valence electrons. The van der Waals surface area contributed by atoms with E-state index in [-0.39, 0.29) is 11.5 Å². The molecule has 0 radical (unpaired) electrons. The number of hydrogen-bond donors (Lipinski definition) is 4. The number of hydrogen-bond acceptors (Lipinski definition) is 6. The molecule has 0 bridgehead atoms. The molecule has 48 heavy (non-hydrogen) atoms. The molecular weight excluding hydrogens is 596 g/mol. The normalized spacial score (nSPS) is 23.3. The molecule has 3 aliphatic rings. The Bertz CT molecular complexity index is 1750. The van der Waals surface area contributed by atoms with Crippen molar-refractivity contribution in [2.24, 2.45) is 11.8 Å². The summed E-state index contributed by atoms with van der Waals surface area (Å²) in [7, 11) is 0. The quantitative estimate of drug-likeness (QED) is 0.165. The molecule has 0 amide bonds. The van der Waals surface area contributed by atoms with Gasteiger partial charge in [0.15, 0.2) is 0 Å². The Balaban J connectivity index is 1.29. The average Bonchev–Trinajstić information content (AvgIpc) is 3.39. The fourth-order valence-corrected chi connectivity index (χ4v) is 7.49. The maximum Gasteiger partial charge on any atom is 0.117 e. The lowest BCUT2D eigenvalue weighted by Crippen LogP contribution is -2.31. The predicted octanol–water partition coefficient (Wildman–Crippen LogP) is 9.31. The molecule has 0 aromatic heterocycles. The zero-order valence-electron chi connectivity index (χ0n) is 27.4. The van der Waals surface area contributed by atoms with E-state index >= 15 is 0 Å². The second-order valence-electron chi connectivity index (χ2n) is 12.5. The van der Waals surface area contributed by atoms with Gasteiger partial charge < -0.3 is 30.2 Å². The molecule has 6 heteroatoms. The fraction of sp³-hybridized carbons (Fsp3) is 0.238. The van der Waals surface area contributed by atoms with Crippen LogP contribution in [0.1, 0.15) is 39.0 Å². The summed E-state index contributed by atoms with van der Waals surface area (Å²) in [6.45, 7) is 5.85. The highest BCUT2D eigenvalue weighted by atomic mass is 16.3. The van der Waals surface area contributed by atoms with Crippen LogP contribution in [0.15, 0.2) is 174 Å². The topological polar surface area (TPSA) is 87.4 Å². The smallest absolute Gasteiger partial charge is 0.117 e. The van der Waals surface area contributed by atoms with E-state index in [9.17, 15) is 20.4 Å². The summed E-state index contributed by atoms with van der Waals surface area (Å²) in [5, 5.41) is 46.0. The molecule has 2 unspecified atom stereocenters. The van der Waals surface area contributed by atoms with Crippen molar-refractivity contribution in [2.75, 3.05) is 9.80 Å². The lowest BCUT2D eigenvalue weighted by molar-refractivity contribution is 0.0722. The molecule has 0 spiro atoms. The lowest BCUT2D eigenvalue weighted by Gasteiger charge is -2.33. The maximum atomic E-state index is 11.7. The average molecular weight is 641 g/mol. The van der Waals surface area contributed by atoms with Crippen molar-refractivity contribution in [3.63, 3.8) is 0 Å². The number of aliphatic hydroxyl groups excluding tert-OH is 4. The highest BCUT2D eigenvalue weighted by Crippen LogP contribution is 2.47. The van der Waals surface area contributed by atoms with Gasteiger partial charge in [0.05, 0.1) is 12.2 Å². The zero-order valence-corrected chi connectivity index (χ0v) is 27.4. The first kappa shape index (κ1) is 32.9. The molecule has 3 aromatic carbocycles. The van der Waals surface area contributed by atoms with Crippen LogP contribution in [-0.2, 0) is 0 Å². The highest BCUT2D eigenvalue weighted by Gasteiger charge is 2.47. The van der Waals surface area contributed by atoms with Crippen molar-refractivity contribution in [1.82, 2.24) is 0 Å². The number of benzene rings is 3. The van der Waals surface area contributed by atoms with Crippen molar-refractivity contribution >= 4 is 17.1 Å². The molecule has 6 rings (SSSR count). The SMILES string of the molecule is C=C/C=C(\C=C/C)N(C1=CC(O)=C([C@H]2C(O)C[C@@H](C3=C(O)C=C(N(c4ccccc4)c4ccccc4)CC3)C2O)CC1)c1ccccc1. The third-order valence-corrected chi connectivity index (χ3v) is 9.61. The summed E-state index contributed by atoms with van der Waals surface area (Å²) in [5.41, 5.74) is 7.12. The Kier molecular flexibility index (Phi) is 10.1. The summed E-state index contributed by atoms with van der Waals surface area (Å²) >= 11 is 0. The van der Waals surface area contributed by atoms with E-state index in [1.807, 2.05) is 116 Å². The van der Waals surface area contributed by atoms with Crippen LogP contribution in [0, 0.1) is 11.8 Å². The Hall–Kier alpha value is -5.04. The molecule has 4 N–H and O–H groups in total. The first-order valence-corrected chi connectivity index (χ1v) is 16.7. The predicted molar refractivity (Wildman–Crippen MR) is 195 cm³/mol. The molecular formula is C42H44N2O4. The lowest BCUT2D eigenvalue weighted by atomic mass is 9.82. The van der Waals surface area contributed by atoms with E-state index in [0.29, 0.717) is 37.7 Å². The van der Waals surface area contributed by atoms with Crippen molar-refractivity contribution < 1.29 is 20.4 Å². The molecule has 6 nitrogen and oxygen atoms in total. The van der Waals surface area contributed by atoms with E-state index < -0.39 is 24.0 Å². The number of para-hydroxylation sites is 3. The van der Waals surface area contributed by atoms with Gasteiger partial charge in [-0.3, -0.25) is 0 Å². The third kappa shape index (κ3) is 6.68. The molecule has 0 aliphatic heterocycles. The van der Waals surface area contributed by atoms with Gasteiger partial charge in [0.2, 0.25) is 0 Å². The van der Waals surface area contributed by atoms with Crippen molar-refractivity contribution in [3.8, 4) is 0 Å². The van der Waals surface area contributed by atoms with Gasteiger partial charge in [-0.25, -0.2) is 0 Å². The number of anilines is 3. The standard InChI is InChI=1S/C42H44N2O4/c1-3-14-29(15-4-2)43(30-16-8-5-9-17-30)34-23-25-36(39(46)27-34)41-40(47)28-37(42(41)48)35-24-22-33(26-38(35)45)44(31-18-10-6-11-19-31)32-20-12-7-13-21-32/h3-21,26-27,37,40-42,45-48H,1,22-25,28H2,2H3/b15-4-,29-14+/t37-,40?,41-,42?/m0/s1. The minimum absolute atomic E-state index is 0.0738. The number of aliphatic hydroxyl groups is 4. The maximum absolute atomic E-state index is 11.7. The number of rotatable bonds is 10. The second kappa shape index (κ2) is 14.8. The van der Waals surface area contributed by atoms with Gasteiger partial charge in [-0.05, 0) is 111 Å². The molecule has 0 saturated heterocycles. The Morgan fingerprint density at radius 3 is 1.77 bits per heavy atom. The molecule has 1 saturated carbocycles. The fourth-order valence-electron chi connectivity index (χ4n) is 7.49. The molecule has 4 atom stereocenters. The summed E-state index contributed by atoms with van der Waals surface area (Å²) in [5.74, 6) is -0.844. The second-order valence-corrected chi connectivity index (χ2v) is 12.5. The molecule has 3 aliphatic carbocycles. The van der Waals surface area contributed by atoms with E-state index in [2.05, 4.69) is 16.4 Å². The van der Waals surface area contributed by atoms with E-state index in [1.165, 1.54) is 0 Å². The highest BCUT2D eigenvalue weighted by molar-refractivity contribution is 5.69. The van der Waals surface area contributed by atoms with Gasteiger partial charge in [-0.1, -0.05) is 73.3 Å². The van der Waals surface area contributed by atoms with Crippen LogP contribution in [-0.4, -0.2) is 32.6 Å².